The van der Waals surface area contributed by atoms with Gasteiger partial charge in [0.05, 0.1) is 5.88 Å². The summed E-state index contributed by atoms with van der Waals surface area (Å²) in [5, 5.41) is 0. The molecule has 4 nitrogen and oxygen atoms in total. The molecule has 74 valence electrons. The van der Waals surface area contributed by atoms with Crippen LogP contribution in [-0.4, -0.2) is 9.97 Å². The third kappa shape index (κ3) is 3.06. The van der Waals surface area contributed by atoms with Gasteiger partial charge in [-0.2, -0.15) is 0 Å². The van der Waals surface area contributed by atoms with Crippen molar-refractivity contribution in [3.8, 4) is 0 Å². The average molecular weight is 205 g/mol. The van der Waals surface area contributed by atoms with Gasteiger partial charge in [0.2, 0.25) is 0 Å². The van der Waals surface area contributed by atoms with E-state index in [2.05, 4.69) is 9.97 Å². The molecule has 0 bridgehead atoms. The average Bonchev–Trinajstić information content (AvgIpc) is 2.14. The molecule has 5 heteroatoms. The van der Waals surface area contributed by atoms with Crippen molar-refractivity contribution in [1.82, 2.24) is 9.97 Å². The lowest BCUT2D eigenvalue weighted by atomic mass is 10.3. The highest BCUT2D eigenvalue weighted by Crippen LogP contribution is 1.98. The summed E-state index contributed by atoms with van der Waals surface area (Å²) in [5.74, 6) is 0.144. The zero-order chi connectivity index (χ0) is 10.4. The molecular formula is C8H13ClN2O2. The van der Waals surface area contributed by atoms with Gasteiger partial charge in [0, 0.05) is 11.3 Å². The van der Waals surface area contributed by atoms with Crippen LogP contribution in [0.5, 0.6) is 0 Å². The summed E-state index contributed by atoms with van der Waals surface area (Å²) in [4.78, 5) is 26.0. The molecule has 1 rings (SSSR count). The highest BCUT2D eigenvalue weighted by Gasteiger charge is 2.01. The number of hydrogen-bond donors (Lipinski definition) is 2. The Labute approximate surface area is 81.0 Å². The standard InChI is InChI=1S/C6H7ClN2O2.C2H6/c1-3-4(2-7)8-6(11)9-5(3)10;1-2/h2H2,1H3,(H2,8,9,10,11);1-2H3. The van der Waals surface area contributed by atoms with E-state index < -0.39 is 5.69 Å². The van der Waals surface area contributed by atoms with Crippen LogP contribution in [0, 0.1) is 6.92 Å². The van der Waals surface area contributed by atoms with Crippen molar-refractivity contribution >= 4 is 11.6 Å². The molecule has 0 saturated carbocycles. The molecule has 0 aliphatic rings. The minimum Gasteiger partial charge on any atom is -0.310 e. The van der Waals surface area contributed by atoms with Crippen molar-refractivity contribution in [2.75, 3.05) is 0 Å². The Hall–Kier alpha value is -1.03. The molecule has 13 heavy (non-hydrogen) atoms. The fraction of sp³-hybridized carbons (Fsp3) is 0.500. The molecule has 1 heterocycles. The van der Waals surface area contributed by atoms with Gasteiger partial charge in [-0.05, 0) is 6.92 Å². The van der Waals surface area contributed by atoms with E-state index in [1.54, 1.807) is 6.92 Å². The molecule has 0 aliphatic heterocycles. The molecule has 2 N–H and O–H groups in total. The molecule has 0 fully saturated rings. The second-order valence-corrected chi connectivity index (χ2v) is 2.41. The number of alkyl halides is 1. The first-order valence-electron chi connectivity index (χ1n) is 4.03. The Bertz CT molecular complexity index is 367. The summed E-state index contributed by atoms with van der Waals surface area (Å²) < 4.78 is 0. The topological polar surface area (TPSA) is 65.7 Å². The second kappa shape index (κ2) is 5.59. The van der Waals surface area contributed by atoms with E-state index in [0.717, 1.165) is 0 Å². The molecule has 0 aliphatic carbocycles. The number of halogens is 1. The van der Waals surface area contributed by atoms with Crippen LogP contribution >= 0.6 is 11.6 Å². The lowest BCUT2D eigenvalue weighted by Crippen LogP contribution is -2.25. The van der Waals surface area contributed by atoms with Gasteiger partial charge >= 0.3 is 5.69 Å². The van der Waals surface area contributed by atoms with Gasteiger partial charge in [-0.15, -0.1) is 11.6 Å². The van der Waals surface area contributed by atoms with Crippen molar-refractivity contribution < 1.29 is 0 Å². The van der Waals surface area contributed by atoms with E-state index in [-0.39, 0.29) is 11.4 Å². The first kappa shape index (κ1) is 12.0. The largest absolute Gasteiger partial charge is 0.325 e. The van der Waals surface area contributed by atoms with Gasteiger partial charge in [0.15, 0.2) is 0 Å². The summed E-state index contributed by atoms with van der Waals surface area (Å²) in [5.41, 5.74) is 0.0284. The molecule has 1 aromatic heterocycles. The summed E-state index contributed by atoms with van der Waals surface area (Å²) in [6.07, 6.45) is 0. The van der Waals surface area contributed by atoms with E-state index >= 15 is 0 Å². The number of H-pyrrole nitrogens is 2. The van der Waals surface area contributed by atoms with E-state index in [0.29, 0.717) is 11.3 Å². The summed E-state index contributed by atoms with van der Waals surface area (Å²) in [6.45, 7) is 5.60. The Morgan fingerprint density at radius 1 is 1.23 bits per heavy atom. The fourth-order valence-corrected chi connectivity index (χ4v) is 0.997. The SMILES string of the molecule is CC.Cc1c(CCl)[nH]c(=O)[nH]c1=O. The van der Waals surface area contributed by atoms with Crippen LogP contribution in [0.15, 0.2) is 9.59 Å². The summed E-state index contributed by atoms with van der Waals surface area (Å²) >= 11 is 5.45. The Kier molecular flexibility index (Phi) is 5.14. The van der Waals surface area contributed by atoms with Crippen molar-refractivity contribution in [3.63, 3.8) is 0 Å². The van der Waals surface area contributed by atoms with E-state index in [9.17, 15) is 9.59 Å². The third-order valence-electron chi connectivity index (χ3n) is 1.42. The molecule has 0 saturated heterocycles. The minimum absolute atomic E-state index is 0.144. The smallest absolute Gasteiger partial charge is 0.310 e. The quantitative estimate of drug-likeness (QED) is 0.674. The molecule has 0 radical (unpaired) electrons. The van der Waals surface area contributed by atoms with Gasteiger partial charge in [-0.25, -0.2) is 4.79 Å². The van der Waals surface area contributed by atoms with Crippen molar-refractivity contribution in [2.24, 2.45) is 0 Å². The van der Waals surface area contributed by atoms with Crippen molar-refractivity contribution in [2.45, 2.75) is 26.7 Å². The van der Waals surface area contributed by atoms with Crippen molar-refractivity contribution in [1.29, 1.82) is 0 Å². The lowest BCUT2D eigenvalue weighted by molar-refractivity contribution is 0.953. The predicted molar refractivity (Wildman–Crippen MR) is 53.3 cm³/mol. The van der Waals surface area contributed by atoms with Crippen LogP contribution in [0.2, 0.25) is 0 Å². The number of rotatable bonds is 1. The van der Waals surface area contributed by atoms with Crippen LogP contribution in [0.25, 0.3) is 0 Å². The maximum Gasteiger partial charge on any atom is 0.325 e. The molecule has 0 amide bonds. The second-order valence-electron chi connectivity index (χ2n) is 2.15. The molecule has 0 aromatic carbocycles. The number of hydrogen-bond acceptors (Lipinski definition) is 2. The molecule has 0 unspecified atom stereocenters. The minimum atomic E-state index is -0.517. The van der Waals surface area contributed by atoms with Crippen LogP contribution in [-0.2, 0) is 5.88 Å². The zero-order valence-corrected chi connectivity index (χ0v) is 8.66. The first-order valence-corrected chi connectivity index (χ1v) is 4.56. The maximum atomic E-state index is 10.9. The van der Waals surface area contributed by atoms with E-state index in [1.165, 1.54) is 0 Å². The highest BCUT2D eigenvalue weighted by atomic mass is 35.5. The Morgan fingerprint density at radius 2 is 1.77 bits per heavy atom. The fourth-order valence-electron chi connectivity index (χ4n) is 0.730. The maximum absolute atomic E-state index is 10.9. The van der Waals surface area contributed by atoms with Gasteiger partial charge in [0.1, 0.15) is 0 Å². The van der Waals surface area contributed by atoms with Crippen molar-refractivity contribution in [3.05, 3.63) is 32.1 Å². The number of aromatic nitrogens is 2. The Balaban J connectivity index is 0.000000671. The normalized spacial score (nSPS) is 8.92. The van der Waals surface area contributed by atoms with Crippen LogP contribution in [0.4, 0.5) is 0 Å². The highest BCUT2D eigenvalue weighted by molar-refractivity contribution is 6.16. The first-order chi connectivity index (χ1) is 6.15. The van der Waals surface area contributed by atoms with E-state index in [1.807, 2.05) is 13.8 Å². The van der Waals surface area contributed by atoms with Crippen LogP contribution in [0.3, 0.4) is 0 Å². The molecule has 1 aromatic rings. The predicted octanol–water partition coefficient (Wildman–Crippen LogP) is 1.14. The van der Waals surface area contributed by atoms with E-state index in [4.69, 9.17) is 11.6 Å². The summed E-state index contributed by atoms with van der Waals surface area (Å²) in [6, 6.07) is 0. The number of aromatic amines is 2. The monoisotopic (exact) mass is 204 g/mol. The Morgan fingerprint density at radius 3 is 2.23 bits per heavy atom. The molecular weight excluding hydrogens is 192 g/mol. The van der Waals surface area contributed by atoms with Crippen LogP contribution < -0.4 is 11.2 Å². The van der Waals surface area contributed by atoms with Gasteiger partial charge < -0.3 is 4.98 Å². The van der Waals surface area contributed by atoms with Gasteiger partial charge in [-0.1, -0.05) is 13.8 Å². The third-order valence-corrected chi connectivity index (χ3v) is 1.69. The summed E-state index contributed by atoms with van der Waals surface area (Å²) in [7, 11) is 0. The lowest BCUT2D eigenvalue weighted by Gasteiger charge is -1.97. The number of nitrogens with one attached hydrogen (secondary N) is 2. The molecule has 0 spiro atoms. The zero-order valence-electron chi connectivity index (χ0n) is 7.90. The van der Waals surface area contributed by atoms with Crippen LogP contribution in [0.1, 0.15) is 25.1 Å². The van der Waals surface area contributed by atoms with Gasteiger partial charge in [-0.3, -0.25) is 9.78 Å². The molecule has 0 atom stereocenters. The van der Waals surface area contributed by atoms with Gasteiger partial charge in [0.25, 0.3) is 5.56 Å².